The van der Waals surface area contributed by atoms with E-state index < -0.39 is 0 Å². The third-order valence-electron chi connectivity index (χ3n) is 9.61. The number of carbonyl (C=O) groups excluding carboxylic acids is 2. The summed E-state index contributed by atoms with van der Waals surface area (Å²) in [6.45, 7) is 8.28. The summed E-state index contributed by atoms with van der Waals surface area (Å²) in [5.41, 5.74) is 1.75. The molecule has 3 saturated carbocycles. The van der Waals surface area contributed by atoms with E-state index in [0.717, 1.165) is 38.8 Å². The summed E-state index contributed by atoms with van der Waals surface area (Å²) >= 11 is 0. The molecule has 0 N–H and O–H groups in total. The summed E-state index contributed by atoms with van der Waals surface area (Å²) in [5.74, 6) is 2.31. The smallest absolute Gasteiger partial charge is 0.320 e. The summed E-state index contributed by atoms with van der Waals surface area (Å²) in [6.07, 6.45) is 10.6. The Morgan fingerprint density at radius 2 is 1.90 bits per heavy atom. The Kier molecular flexibility index (Phi) is 5.34. The molecule has 4 aliphatic carbocycles. The van der Waals surface area contributed by atoms with Crippen molar-refractivity contribution in [3.05, 3.63) is 11.6 Å². The Labute approximate surface area is 180 Å². The van der Waals surface area contributed by atoms with Crippen LogP contribution in [0, 0.1) is 28.6 Å². The lowest BCUT2D eigenvalue weighted by molar-refractivity contribution is -0.161. The first-order valence-electron chi connectivity index (χ1n) is 12.1. The van der Waals surface area contributed by atoms with Crippen LogP contribution in [0.4, 0.5) is 0 Å². The molecule has 0 spiro atoms. The van der Waals surface area contributed by atoms with Crippen molar-refractivity contribution in [2.45, 2.75) is 71.3 Å². The van der Waals surface area contributed by atoms with Crippen molar-refractivity contribution in [2.75, 3.05) is 32.8 Å². The molecule has 1 saturated heterocycles. The fourth-order valence-electron chi connectivity index (χ4n) is 7.84. The van der Waals surface area contributed by atoms with Crippen molar-refractivity contribution in [1.82, 2.24) is 4.90 Å². The third-order valence-corrected chi connectivity index (χ3v) is 9.61. The van der Waals surface area contributed by atoms with E-state index >= 15 is 0 Å². The average Bonchev–Trinajstić information content (AvgIpc) is 3.05. The van der Waals surface area contributed by atoms with Crippen LogP contribution in [0.3, 0.4) is 0 Å². The van der Waals surface area contributed by atoms with Crippen molar-refractivity contribution in [2.24, 2.45) is 28.6 Å². The van der Waals surface area contributed by atoms with Crippen molar-refractivity contribution in [3.8, 4) is 0 Å². The van der Waals surface area contributed by atoms with Crippen LogP contribution in [0.2, 0.25) is 0 Å². The van der Waals surface area contributed by atoms with E-state index in [0.29, 0.717) is 49.7 Å². The van der Waals surface area contributed by atoms with Gasteiger partial charge in [-0.1, -0.05) is 19.4 Å². The van der Waals surface area contributed by atoms with Gasteiger partial charge in [-0.05, 0) is 74.2 Å². The second-order valence-electron chi connectivity index (χ2n) is 11.0. The highest BCUT2D eigenvalue weighted by Gasteiger charge is 2.59. The molecule has 0 radical (unpaired) electrons. The van der Waals surface area contributed by atoms with Crippen molar-refractivity contribution in [3.63, 3.8) is 0 Å². The van der Waals surface area contributed by atoms with Crippen LogP contribution in [0.15, 0.2) is 11.6 Å². The second kappa shape index (κ2) is 7.74. The lowest BCUT2D eigenvalue weighted by atomic mass is 9.47. The van der Waals surface area contributed by atoms with Gasteiger partial charge in [0.15, 0.2) is 5.78 Å². The van der Waals surface area contributed by atoms with Crippen LogP contribution < -0.4 is 0 Å². The third kappa shape index (κ3) is 3.37. The molecular formula is C25H37NO4. The van der Waals surface area contributed by atoms with Crippen molar-refractivity contribution in [1.29, 1.82) is 0 Å². The van der Waals surface area contributed by atoms with Gasteiger partial charge in [0.2, 0.25) is 0 Å². The minimum Gasteiger partial charge on any atom is -0.461 e. The average molecular weight is 416 g/mol. The van der Waals surface area contributed by atoms with E-state index in [2.05, 4.69) is 18.7 Å². The van der Waals surface area contributed by atoms with Gasteiger partial charge in [-0.25, -0.2) is 0 Å². The molecule has 4 fully saturated rings. The van der Waals surface area contributed by atoms with E-state index in [1.807, 2.05) is 6.08 Å². The normalized spacial score (nSPS) is 43.9. The number of rotatable bonds is 3. The maximum atomic E-state index is 12.7. The summed E-state index contributed by atoms with van der Waals surface area (Å²) in [6, 6.07) is 0. The van der Waals surface area contributed by atoms with E-state index in [1.165, 1.54) is 24.8 Å². The molecule has 166 valence electrons. The van der Waals surface area contributed by atoms with Gasteiger partial charge in [-0.3, -0.25) is 14.5 Å². The van der Waals surface area contributed by atoms with Gasteiger partial charge in [-0.15, -0.1) is 0 Å². The van der Waals surface area contributed by atoms with Gasteiger partial charge in [0, 0.05) is 24.9 Å². The van der Waals surface area contributed by atoms with Crippen LogP contribution in [0.1, 0.15) is 65.2 Å². The number of ketones is 1. The number of allylic oxidation sites excluding steroid dienone is 1. The number of esters is 1. The Balaban J connectivity index is 1.28. The largest absolute Gasteiger partial charge is 0.461 e. The quantitative estimate of drug-likeness (QED) is 0.657. The van der Waals surface area contributed by atoms with Gasteiger partial charge >= 0.3 is 5.97 Å². The molecule has 5 heteroatoms. The fraction of sp³-hybridized carbons (Fsp3) is 0.840. The maximum Gasteiger partial charge on any atom is 0.320 e. The predicted octanol–water partition coefficient (Wildman–Crippen LogP) is 3.76. The summed E-state index contributed by atoms with van der Waals surface area (Å²) in [4.78, 5) is 26.8. The number of hydrogen-bond donors (Lipinski definition) is 0. The fourth-order valence-corrected chi connectivity index (χ4v) is 7.84. The molecule has 0 aromatic heterocycles. The number of hydrogen-bond acceptors (Lipinski definition) is 5. The van der Waals surface area contributed by atoms with Crippen molar-refractivity contribution < 1.29 is 19.1 Å². The monoisotopic (exact) mass is 415 g/mol. The number of ether oxygens (including phenoxy) is 2. The van der Waals surface area contributed by atoms with Gasteiger partial charge < -0.3 is 9.47 Å². The van der Waals surface area contributed by atoms with Crippen LogP contribution >= 0.6 is 0 Å². The molecule has 5 nitrogen and oxygen atoms in total. The molecule has 0 aromatic rings. The first kappa shape index (κ1) is 20.7. The molecule has 0 aromatic carbocycles. The maximum absolute atomic E-state index is 12.7. The van der Waals surface area contributed by atoms with Crippen LogP contribution in [-0.2, 0) is 19.1 Å². The van der Waals surface area contributed by atoms with E-state index in [9.17, 15) is 9.59 Å². The number of fused-ring (bicyclic) bond motifs is 5. The zero-order chi connectivity index (χ0) is 20.9. The molecular weight excluding hydrogens is 378 g/mol. The molecule has 6 atom stereocenters. The molecule has 0 amide bonds. The Hall–Kier alpha value is -1.20. The van der Waals surface area contributed by atoms with Gasteiger partial charge in [0.1, 0.15) is 6.10 Å². The van der Waals surface area contributed by atoms with Crippen LogP contribution in [-0.4, -0.2) is 55.6 Å². The zero-order valence-electron chi connectivity index (χ0n) is 18.7. The molecule has 1 heterocycles. The van der Waals surface area contributed by atoms with E-state index in [4.69, 9.17) is 9.47 Å². The number of morpholine rings is 1. The molecule has 1 aliphatic heterocycles. The topological polar surface area (TPSA) is 55.8 Å². The lowest BCUT2D eigenvalue weighted by Gasteiger charge is -2.57. The lowest BCUT2D eigenvalue weighted by Crippen LogP contribution is -2.52. The Bertz CT molecular complexity index is 741. The summed E-state index contributed by atoms with van der Waals surface area (Å²) < 4.78 is 11.5. The minimum absolute atomic E-state index is 0.0579. The molecule has 5 aliphatic rings. The highest BCUT2D eigenvalue weighted by atomic mass is 16.5. The first-order valence-corrected chi connectivity index (χ1v) is 12.1. The zero-order valence-corrected chi connectivity index (χ0v) is 18.7. The predicted molar refractivity (Wildman–Crippen MR) is 114 cm³/mol. The van der Waals surface area contributed by atoms with Gasteiger partial charge in [0.05, 0.1) is 19.8 Å². The summed E-state index contributed by atoms with van der Waals surface area (Å²) in [7, 11) is 0. The highest BCUT2D eigenvalue weighted by molar-refractivity contribution is 5.91. The molecule has 5 rings (SSSR count). The van der Waals surface area contributed by atoms with E-state index in [-0.39, 0.29) is 22.9 Å². The van der Waals surface area contributed by atoms with E-state index in [1.54, 1.807) is 0 Å². The standard InChI is InChI=1S/C25H37NO4/c1-24-9-7-18(27)15-17(24)3-4-19-20-5-6-22(25(20,2)10-8-21(19)24)30-23(28)16-26-11-13-29-14-12-26/h15,19-22H,3-14,16H2,1-2H3/t19-,20-,21-,22-,24-,25-/m0/s1. The van der Waals surface area contributed by atoms with Crippen LogP contribution in [0.5, 0.6) is 0 Å². The van der Waals surface area contributed by atoms with Crippen LogP contribution in [0.25, 0.3) is 0 Å². The second-order valence-corrected chi connectivity index (χ2v) is 11.0. The SMILES string of the molecule is C[C@]12CC[C@H]3[C@@H](CCC4=CC(=O)CC[C@@]43C)[C@@H]1CC[C@@H]2OC(=O)CN1CCOCC1. The Morgan fingerprint density at radius 3 is 2.70 bits per heavy atom. The first-order chi connectivity index (χ1) is 14.4. The summed E-state index contributed by atoms with van der Waals surface area (Å²) in [5, 5.41) is 0. The molecule has 0 unspecified atom stereocenters. The number of carbonyl (C=O) groups is 2. The number of nitrogens with zero attached hydrogens (tertiary/aromatic N) is 1. The van der Waals surface area contributed by atoms with Gasteiger partial charge in [0.25, 0.3) is 0 Å². The van der Waals surface area contributed by atoms with Crippen molar-refractivity contribution >= 4 is 11.8 Å². The Morgan fingerprint density at radius 1 is 1.10 bits per heavy atom. The highest BCUT2D eigenvalue weighted by Crippen LogP contribution is 2.65. The minimum atomic E-state index is -0.0579. The molecule has 0 bridgehead atoms. The molecule has 30 heavy (non-hydrogen) atoms. The van der Waals surface area contributed by atoms with Gasteiger partial charge in [-0.2, -0.15) is 0 Å².